The molecule has 104 valence electrons. The average molecular weight is 277 g/mol. The minimum absolute atomic E-state index is 0.245. The Bertz CT molecular complexity index is 791. The second-order valence-electron chi connectivity index (χ2n) is 4.84. The molecule has 0 aliphatic carbocycles. The second kappa shape index (κ2) is 5.67. The number of nitrogen functional groups attached to an aromatic ring is 1. The van der Waals surface area contributed by atoms with Crippen LogP contribution in [0.2, 0.25) is 0 Å². The van der Waals surface area contributed by atoms with Gasteiger partial charge in [-0.15, -0.1) is 0 Å². The van der Waals surface area contributed by atoms with Gasteiger partial charge in [-0.25, -0.2) is 4.79 Å². The number of ether oxygens (including phenoxy) is 1. The Morgan fingerprint density at radius 2 is 1.71 bits per heavy atom. The number of esters is 1. The van der Waals surface area contributed by atoms with Gasteiger partial charge in [-0.1, -0.05) is 48.5 Å². The molecule has 0 atom stereocenters. The van der Waals surface area contributed by atoms with Crippen LogP contribution in [-0.2, 0) is 11.3 Å². The van der Waals surface area contributed by atoms with Crippen LogP contribution in [-0.4, -0.2) is 5.97 Å². The number of carbonyl (C=O) groups is 1. The first-order valence-electron chi connectivity index (χ1n) is 6.73. The van der Waals surface area contributed by atoms with E-state index >= 15 is 0 Å². The van der Waals surface area contributed by atoms with Crippen LogP contribution in [0.5, 0.6) is 0 Å². The molecule has 0 heterocycles. The SMILES string of the molecule is Nc1cccc(C(=O)OCc2cccc3ccccc23)c1. The molecule has 0 saturated carbocycles. The molecule has 2 N–H and O–H groups in total. The molecule has 0 aliphatic rings. The quantitative estimate of drug-likeness (QED) is 0.585. The van der Waals surface area contributed by atoms with Crippen molar-refractivity contribution in [2.24, 2.45) is 0 Å². The molecule has 0 amide bonds. The lowest BCUT2D eigenvalue weighted by Crippen LogP contribution is -2.06. The molecule has 21 heavy (non-hydrogen) atoms. The molecule has 3 heteroatoms. The minimum Gasteiger partial charge on any atom is -0.457 e. The van der Waals surface area contributed by atoms with Crippen molar-refractivity contribution in [3.05, 3.63) is 77.9 Å². The Morgan fingerprint density at radius 1 is 0.952 bits per heavy atom. The minimum atomic E-state index is -0.366. The largest absolute Gasteiger partial charge is 0.457 e. The van der Waals surface area contributed by atoms with E-state index in [1.807, 2.05) is 42.5 Å². The number of anilines is 1. The zero-order valence-electron chi connectivity index (χ0n) is 11.5. The summed E-state index contributed by atoms with van der Waals surface area (Å²) in [4.78, 5) is 12.0. The summed E-state index contributed by atoms with van der Waals surface area (Å²) >= 11 is 0. The number of hydrogen-bond donors (Lipinski definition) is 1. The van der Waals surface area contributed by atoms with Gasteiger partial charge >= 0.3 is 5.97 Å². The molecule has 0 radical (unpaired) electrons. The summed E-state index contributed by atoms with van der Waals surface area (Å²) in [6.07, 6.45) is 0. The van der Waals surface area contributed by atoms with Gasteiger partial charge in [0.1, 0.15) is 6.61 Å². The number of nitrogens with two attached hydrogens (primary N) is 1. The van der Waals surface area contributed by atoms with Gasteiger partial charge in [0, 0.05) is 5.69 Å². The lowest BCUT2D eigenvalue weighted by Gasteiger charge is -2.08. The second-order valence-corrected chi connectivity index (χ2v) is 4.84. The van der Waals surface area contributed by atoms with Gasteiger partial charge in [0.15, 0.2) is 0 Å². The lowest BCUT2D eigenvalue weighted by atomic mass is 10.1. The van der Waals surface area contributed by atoms with Crippen molar-refractivity contribution in [3.63, 3.8) is 0 Å². The van der Waals surface area contributed by atoms with Crippen molar-refractivity contribution < 1.29 is 9.53 Å². The molecule has 3 rings (SSSR count). The molecule has 0 bridgehead atoms. The van der Waals surface area contributed by atoms with Gasteiger partial charge in [0.05, 0.1) is 5.56 Å². The van der Waals surface area contributed by atoms with Gasteiger partial charge < -0.3 is 10.5 Å². The van der Waals surface area contributed by atoms with Crippen molar-refractivity contribution >= 4 is 22.4 Å². The first-order chi connectivity index (χ1) is 10.2. The third kappa shape index (κ3) is 2.87. The fourth-order valence-electron chi connectivity index (χ4n) is 2.31. The maximum Gasteiger partial charge on any atom is 0.338 e. The summed E-state index contributed by atoms with van der Waals surface area (Å²) in [6, 6.07) is 20.8. The summed E-state index contributed by atoms with van der Waals surface area (Å²) < 4.78 is 5.38. The zero-order valence-corrected chi connectivity index (χ0v) is 11.5. The van der Waals surface area contributed by atoms with E-state index in [9.17, 15) is 4.79 Å². The molecule has 0 spiro atoms. The van der Waals surface area contributed by atoms with E-state index in [1.165, 1.54) is 0 Å². The van der Waals surface area contributed by atoms with Crippen LogP contribution in [0.15, 0.2) is 66.7 Å². The fraction of sp³-hybridized carbons (Fsp3) is 0.0556. The summed E-state index contributed by atoms with van der Waals surface area (Å²) in [5, 5.41) is 2.23. The first-order valence-corrected chi connectivity index (χ1v) is 6.73. The molecule has 0 unspecified atom stereocenters. The van der Waals surface area contributed by atoms with Gasteiger partial charge in [-0.2, -0.15) is 0 Å². The molecule has 0 aromatic heterocycles. The molecular weight excluding hydrogens is 262 g/mol. The van der Waals surface area contributed by atoms with Crippen LogP contribution in [0.1, 0.15) is 15.9 Å². The molecule has 3 aromatic carbocycles. The van der Waals surface area contributed by atoms with Crippen LogP contribution in [0.4, 0.5) is 5.69 Å². The Kier molecular flexibility index (Phi) is 3.56. The highest BCUT2D eigenvalue weighted by Crippen LogP contribution is 2.19. The van der Waals surface area contributed by atoms with E-state index in [-0.39, 0.29) is 12.6 Å². The maximum absolute atomic E-state index is 12.0. The van der Waals surface area contributed by atoms with Crippen molar-refractivity contribution in [1.29, 1.82) is 0 Å². The monoisotopic (exact) mass is 277 g/mol. The lowest BCUT2D eigenvalue weighted by molar-refractivity contribution is 0.0474. The Balaban J connectivity index is 1.79. The van der Waals surface area contributed by atoms with E-state index in [0.717, 1.165) is 16.3 Å². The third-order valence-corrected chi connectivity index (χ3v) is 3.36. The van der Waals surface area contributed by atoms with Crippen molar-refractivity contribution in [3.8, 4) is 0 Å². The number of fused-ring (bicyclic) bond motifs is 1. The van der Waals surface area contributed by atoms with E-state index in [4.69, 9.17) is 10.5 Å². The fourth-order valence-corrected chi connectivity index (χ4v) is 2.31. The summed E-state index contributed by atoms with van der Waals surface area (Å²) in [7, 11) is 0. The predicted octanol–water partition coefficient (Wildman–Crippen LogP) is 3.78. The van der Waals surface area contributed by atoms with Crippen LogP contribution in [0.25, 0.3) is 10.8 Å². The molecular formula is C18H15NO2. The topological polar surface area (TPSA) is 52.3 Å². The normalized spacial score (nSPS) is 10.5. The molecule has 3 aromatic rings. The van der Waals surface area contributed by atoms with Gasteiger partial charge in [-0.05, 0) is 34.5 Å². The Morgan fingerprint density at radius 3 is 2.57 bits per heavy atom. The average Bonchev–Trinajstić information content (AvgIpc) is 2.52. The Hall–Kier alpha value is -2.81. The van der Waals surface area contributed by atoms with Gasteiger partial charge in [-0.3, -0.25) is 0 Å². The molecule has 3 nitrogen and oxygen atoms in total. The smallest absolute Gasteiger partial charge is 0.338 e. The molecule has 0 saturated heterocycles. The molecule has 0 fully saturated rings. The summed E-state index contributed by atoms with van der Waals surface area (Å²) in [5.41, 5.74) is 7.68. The van der Waals surface area contributed by atoms with Crippen LogP contribution < -0.4 is 5.73 Å². The number of rotatable bonds is 3. The van der Waals surface area contributed by atoms with E-state index in [0.29, 0.717) is 11.3 Å². The highest BCUT2D eigenvalue weighted by atomic mass is 16.5. The predicted molar refractivity (Wildman–Crippen MR) is 83.9 cm³/mol. The van der Waals surface area contributed by atoms with Gasteiger partial charge in [0.25, 0.3) is 0 Å². The molecule has 0 aliphatic heterocycles. The number of benzene rings is 3. The zero-order chi connectivity index (χ0) is 14.7. The summed E-state index contributed by atoms with van der Waals surface area (Å²) in [5.74, 6) is -0.366. The number of carbonyl (C=O) groups excluding carboxylic acids is 1. The highest BCUT2D eigenvalue weighted by molar-refractivity contribution is 5.91. The third-order valence-electron chi connectivity index (χ3n) is 3.36. The first kappa shape index (κ1) is 13.2. The Labute approximate surface area is 123 Å². The van der Waals surface area contributed by atoms with E-state index in [2.05, 4.69) is 0 Å². The highest BCUT2D eigenvalue weighted by Gasteiger charge is 2.08. The van der Waals surface area contributed by atoms with Crippen molar-refractivity contribution in [2.45, 2.75) is 6.61 Å². The van der Waals surface area contributed by atoms with Gasteiger partial charge in [0.2, 0.25) is 0 Å². The van der Waals surface area contributed by atoms with Crippen molar-refractivity contribution in [1.82, 2.24) is 0 Å². The summed E-state index contributed by atoms with van der Waals surface area (Å²) in [6.45, 7) is 0.245. The van der Waals surface area contributed by atoms with Crippen LogP contribution >= 0.6 is 0 Å². The van der Waals surface area contributed by atoms with Crippen LogP contribution in [0.3, 0.4) is 0 Å². The van der Waals surface area contributed by atoms with E-state index < -0.39 is 0 Å². The van der Waals surface area contributed by atoms with Crippen molar-refractivity contribution in [2.75, 3.05) is 5.73 Å². The standard InChI is InChI=1S/C18H15NO2/c19-16-9-4-7-14(11-16)18(20)21-12-15-8-3-6-13-5-1-2-10-17(13)15/h1-11H,12,19H2. The van der Waals surface area contributed by atoms with E-state index in [1.54, 1.807) is 24.3 Å². The maximum atomic E-state index is 12.0. The van der Waals surface area contributed by atoms with Crippen LogP contribution in [0, 0.1) is 0 Å². The number of hydrogen-bond acceptors (Lipinski definition) is 3.